The number of amides is 1. The summed E-state index contributed by atoms with van der Waals surface area (Å²) in [5.41, 5.74) is 0.589. The maximum Gasteiger partial charge on any atom is 0.407 e. The molecule has 7 heteroatoms. The molecule has 15 heavy (non-hydrogen) atoms. The van der Waals surface area contributed by atoms with Gasteiger partial charge in [0, 0.05) is 7.05 Å². The minimum atomic E-state index is -1.08. The number of fused-ring (bicyclic) bond motifs is 1. The fourth-order valence-corrected chi connectivity index (χ4v) is 2.59. The maximum absolute atomic E-state index is 11.3. The number of aromatic nitrogens is 1. The molecular weight excluding hydrogens is 220 g/mol. The van der Waals surface area contributed by atoms with Crippen molar-refractivity contribution in [3.8, 4) is 0 Å². The van der Waals surface area contributed by atoms with E-state index in [1.807, 2.05) is 0 Å². The van der Waals surface area contributed by atoms with E-state index in [-0.39, 0.29) is 18.0 Å². The van der Waals surface area contributed by atoms with Crippen LogP contribution < -0.4 is 4.87 Å². The topological polar surface area (TPSA) is 82.8 Å². The molecule has 2 N–H and O–H groups in total. The van der Waals surface area contributed by atoms with Crippen LogP contribution >= 0.6 is 11.3 Å². The number of carboxylic acid groups (broad SMARTS) is 1. The molecule has 0 aromatic carbocycles. The first-order valence-corrected chi connectivity index (χ1v) is 5.17. The van der Waals surface area contributed by atoms with Crippen molar-refractivity contribution in [3.05, 3.63) is 20.2 Å². The Labute approximate surface area is 89.0 Å². The Balaban J connectivity index is 2.46. The summed E-state index contributed by atoms with van der Waals surface area (Å²) in [6.45, 7) is 0.194. The van der Waals surface area contributed by atoms with Crippen LogP contribution in [0.1, 0.15) is 16.7 Å². The summed E-state index contributed by atoms with van der Waals surface area (Å²) in [4.78, 5) is 23.6. The van der Waals surface area contributed by atoms with Crippen LogP contribution in [-0.4, -0.2) is 32.3 Å². The molecule has 1 amide bonds. The summed E-state index contributed by atoms with van der Waals surface area (Å²) in [7, 11) is 1.58. The average molecular weight is 230 g/mol. The minimum Gasteiger partial charge on any atom is -0.465 e. The molecule has 1 aliphatic heterocycles. The summed E-state index contributed by atoms with van der Waals surface area (Å²) >= 11 is 0.976. The summed E-state index contributed by atoms with van der Waals surface area (Å²) < 4.78 is 1.39. The third-order valence-corrected chi connectivity index (χ3v) is 3.64. The predicted octanol–water partition coefficient (Wildman–Crippen LogP) is -0.0262. The third-order valence-electron chi connectivity index (χ3n) is 2.47. The Hall–Kier alpha value is -1.34. The van der Waals surface area contributed by atoms with Crippen molar-refractivity contribution in [1.29, 1.82) is 0 Å². The molecule has 1 aliphatic rings. The number of nitrogens with zero attached hydrogens (tertiary/aromatic N) is 2. The van der Waals surface area contributed by atoms with Gasteiger partial charge in [0.15, 0.2) is 0 Å². The van der Waals surface area contributed by atoms with Gasteiger partial charge in [-0.1, -0.05) is 11.3 Å². The quantitative estimate of drug-likeness (QED) is 0.656. The van der Waals surface area contributed by atoms with Gasteiger partial charge < -0.3 is 14.8 Å². The molecule has 1 aromatic heterocycles. The van der Waals surface area contributed by atoms with Crippen LogP contribution in [0.25, 0.3) is 0 Å². The molecule has 0 bridgehead atoms. The Morgan fingerprint density at radius 1 is 1.60 bits per heavy atom. The predicted molar refractivity (Wildman–Crippen MR) is 53.0 cm³/mol. The zero-order valence-electron chi connectivity index (χ0n) is 8.01. The van der Waals surface area contributed by atoms with Gasteiger partial charge in [-0.25, -0.2) is 4.79 Å². The van der Waals surface area contributed by atoms with E-state index >= 15 is 0 Å². The Morgan fingerprint density at radius 3 is 2.87 bits per heavy atom. The lowest BCUT2D eigenvalue weighted by Gasteiger charge is -2.27. The largest absolute Gasteiger partial charge is 0.465 e. The molecule has 1 unspecified atom stereocenters. The van der Waals surface area contributed by atoms with Crippen molar-refractivity contribution in [2.24, 2.45) is 7.05 Å². The number of hydrogen-bond donors (Lipinski definition) is 2. The van der Waals surface area contributed by atoms with Crippen LogP contribution in [0, 0.1) is 0 Å². The number of carbonyl (C=O) groups is 1. The SMILES string of the molecule is Cn1c2c(sc1=O)C(O)CN(C(=O)O)C2. The van der Waals surface area contributed by atoms with Crippen molar-refractivity contribution in [2.45, 2.75) is 12.6 Å². The highest BCUT2D eigenvalue weighted by molar-refractivity contribution is 7.09. The van der Waals surface area contributed by atoms with Gasteiger partial charge in [-0.2, -0.15) is 0 Å². The van der Waals surface area contributed by atoms with E-state index in [1.54, 1.807) is 7.05 Å². The van der Waals surface area contributed by atoms with Crippen molar-refractivity contribution in [3.63, 3.8) is 0 Å². The molecule has 6 nitrogen and oxygen atoms in total. The van der Waals surface area contributed by atoms with Crippen molar-refractivity contribution >= 4 is 17.4 Å². The Kier molecular flexibility index (Phi) is 2.28. The van der Waals surface area contributed by atoms with Crippen molar-refractivity contribution < 1.29 is 15.0 Å². The second kappa shape index (κ2) is 3.35. The first-order valence-electron chi connectivity index (χ1n) is 4.35. The zero-order chi connectivity index (χ0) is 11.2. The van der Waals surface area contributed by atoms with E-state index in [2.05, 4.69) is 0 Å². The molecule has 1 aromatic rings. The van der Waals surface area contributed by atoms with Gasteiger partial charge in [-0.3, -0.25) is 9.69 Å². The van der Waals surface area contributed by atoms with E-state index in [9.17, 15) is 14.7 Å². The first kappa shape index (κ1) is 10.2. The van der Waals surface area contributed by atoms with Gasteiger partial charge in [0.25, 0.3) is 0 Å². The normalized spacial score (nSPS) is 20.1. The van der Waals surface area contributed by atoms with E-state index < -0.39 is 12.2 Å². The number of thiazole rings is 1. The highest BCUT2D eigenvalue weighted by Crippen LogP contribution is 2.28. The molecule has 0 aliphatic carbocycles. The van der Waals surface area contributed by atoms with Gasteiger partial charge in [0.1, 0.15) is 6.10 Å². The number of rotatable bonds is 0. The molecule has 0 fully saturated rings. The molecule has 0 saturated heterocycles. The van der Waals surface area contributed by atoms with Crippen LogP contribution in [0.15, 0.2) is 4.79 Å². The third kappa shape index (κ3) is 1.53. The summed E-state index contributed by atoms with van der Waals surface area (Å²) in [5.74, 6) is 0. The number of aliphatic hydroxyl groups is 1. The number of aliphatic hydroxyl groups excluding tert-OH is 1. The molecule has 0 spiro atoms. The van der Waals surface area contributed by atoms with Gasteiger partial charge in [-0.05, 0) is 0 Å². The van der Waals surface area contributed by atoms with Crippen molar-refractivity contribution in [1.82, 2.24) is 9.47 Å². The minimum absolute atomic E-state index is 0.0300. The lowest BCUT2D eigenvalue weighted by molar-refractivity contribution is 0.0820. The fourth-order valence-electron chi connectivity index (χ4n) is 1.62. The monoisotopic (exact) mass is 230 g/mol. The molecule has 0 saturated carbocycles. The van der Waals surface area contributed by atoms with Gasteiger partial charge >= 0.3 is 11.0 Å². The maximum atomic E-state index is 11.3. The van der Waals surface area contributed by atoms with Crippen LogP contribution in [0.4, 0.5) is 4.79 Å². The van der Waals surface area contributed by atoms with Crippen LogP contribution in [0.3, 0.4) is 0 Å². The van der Waals surface area contributed by atoms with E-state index in [4.69, 9.17) is 5.11 Å². The summed E-state index contributed by atoms with van der Waals surface area (Å²) in [6.07, 6.45) is -1.97. The van der Waals surface area contributed by atoms with E-state index in [0.717, 1.165) is 16.2 Å². The Morgan fingerprint density at radius 2 is 2.27 bits per heavy atom. The molecule has 0 radical (unpaired) electrons. The number of β-amino-alcohol motifs (C(OH)–C–C–N with tert-alkyl or cyclic N) is 1. The highest BCUT2D eigenvalue weighted by Gasteiger charge is 2.30. The summed E-state index contributed by atoms with van der Waals surface area (Å²) in [6, 6.07) is 0. The fraction of sp³-hybridized carbons (Fsp3) is 0.500. The second-order valence-corrected chi connectivity index (χ2v) is 4.41. The summed E-state index contributed by atoms with van der Waals surface area (Å²) in [5, 5.41) is 18.5. The van der Waals surface area contributed by atoms with Gasteiger partial charge in [0.05, 0.1) is 23.7 Å². The molecule has 82 valence electrons. The van der Waals surface area contributed by atoms with Gasteiger partial charge in [-0.15, -0.1) is 0 Å². The lowest BCUT2D eigenvalue weighted by Crippen LogP contribution is -2.37. The standard InChI is InChI=1S/C8H10N2O4S/c1-9-4-2-10(7(12)13)3-5(11)6(4)15-8(9)14/h5,11H,2-3H2,1H3,(H,12,13). The van der Waals surface area contributed by atoms with Crippen molar-refractivity contribution in [2.75, 3.05) is 6.54 Å². The lowest BCUT2D eigenvalue weighted by atomic mass is 10.1. The second-order valence-electron chi connectivity index (χ2n) is 3.42. The molecular formula is C8H10N2O4S. The zero-order valence-corrected chi connectivity index (χ0v) is 8.82. The van der Waals surface area contributed by atoms with Crippen LogP contribution in [0.5, 0.6) is 0 Å². The van der Waals surface area contributed by atoms with Crippen LogP contribution in [-0.2, 0) is 13.6 Å². The average Bonchev–Trinajstić information content (AvgIpc) is 2.45. The molecule has 2 rings (SSSR count). The Bertz CT molecular complexity index is 464. The first-order chi connectivity index (χ1) is 7.00. The molecule has 1 atom stereocenters. The van der Waals surface area contributed by atoms with Gasteiger partial charge in [0.2, 0.25) is 0 Å². The molecule has 2 heterocycles. The van der Waals surface area contributed by atoms with E-state index in [1.165, 1.54) is 4.57 Å². The van der Waals surface area contributed by atoms with Crippen LogP contribution in [0.2, 0.25) is 0 Å². The van der Waals surface area contributed by atoms with E-state index in [0.29, 0.717) is 10.6 Å². The number of hydrogen-bond acceptors (Lipinski definition) is 4. The smallest absolute Gasteiger partial charge is 0.407 e. The highest BCUT2D eigenvalue weighted by atomic mass is 32.1.